The van der Waals surface area contributed by atoms with Gasteiger partial charge in [0.15, 0.2) is 4.34 Å². The Morgan fingerprint density at radius 3 is 2.80 bits per heavy atom. The Morgan fingerprint density at radius 1 is 1.27 bits per heavy atom. The number of hydrogen-bond acceptors (Lipinski definition) is 7. The van der Waals surface area contributed by atoms with Crippen LogP contribution in [-0.4, -0.2) is 30.8 Å². The Balaban J connectivity index is 0.00000256. The van der Waals surface area contributed by atoms with Crippen LogP contribution in [0.15, 0.2) is 46.8 Å². The van der Waals surface area contributed by atoms with E-state index < -0.39 is 5.97 Å². The lowest BCUT2D eigenvalue weighted by molar-refractivity contribution is 0.0697. The van der Waals surface area contributed by atoms with Gasteiger partial charge in [-0.25, -0.2) is 14.2 Å². The molecule has 156 valence electrons. The van der Waals surface area contributed by atoms with Crippen LogP contribution in [0, 0.1) is 5.82 Å². The molecule has 0 bridgehead atoms. The number of anilines is 2. The summed E-state index contributed by atoms with van der Waals surface area (Å²) in [6.07, 6.45) is 0. The first-order valence-corrected chi connectivity index (χ1v) is 10.6. The van der Waals surface area contributed by atoms with Crippen molar-refractivity contribution in [1.29, 1.82) is 0 Å². The van der Waals surface area contributed by atoms with Gasteiger partial charge < -0.3 is 15.0 Å². The Morgan fingerprint density at radius 2 is 2.07 bits per heavy atom. The van der Waals surface area contributed by atoms with Crippen LogP contribution in [0.25, 0.3) is 11.0 Å². The third kappa shape index (κ3) is 4.55. The van der Waals surface area contributed by atoms with Crippen LogP contribution in [0.5, 0.6) is 0 Å². The molecule has 0 aliphatic carbocycles. The molecule has 0 amide bonds. The number of aromatic nitrogens is 4. The Bertz CT molecular complexity index is 1200. The van der Waals surface area contributed by atoms with E-state index in [0.29, 0.717) is 22.1 Å². The Hall–Kier alpha value is -2.69. The van der Waals surface area contributed by atoms with Crippen LogP contribution in [0.3, 0.4) is 0 Å². The number of hydrogen-bond donors (Lipinski definition) is 2. The largest absolute Gasteiger partial charge is 0.478 e. The number of aromatic carboxylic acids is 1. The summed E-state index contributed by atoms with van der Waals surface area (Å²) in [4.78, 5) is 15.8. The lowest BCUT2D eigenvalue weighted by atomic mass is 10.2. The SMILES string of the molecule is CCn1c(CSc2nnc(Nc3ccccc3F)s2)nc2cc(C(=O)O)ccc21.Cl. The summed E-state index contributed by atoms with van der Waals surface area (Å²) >= 11 is 2.81. The molecule has 2 aromatic heterocycles. The topological polar surface area (TPSA) is 92.9 Å². The maximum atomic E-state index is 13.8. The van der Waals surface area contributed by atoms with Crippen LogP contribution in [0.1, 0.15) is 23.1 Å². The van der Waals surface area contributed by atoms with Crippen molar-refractivity contribution >= 4 is 63.3 Å². The number of imidazole rings is 1. The van der Waals surface area contributed by atoms with Gasteiger partial charge in [-0.1, -0.05) is 35.2 Å². The van der Waals surface area contributed by atoms with E-state index in [-0.39, 0.29) is 23.8 Å². The normalized spacial score (nSPS) is 10.7. The van der Waals surface area contributed by atoms with Gasteiger partial charge in [0.05, 0.1) is 28.0 Å². The summed E-state index contributed by atoms with van der Waals surface area (Å²) in [6.45, 7) is 2.73. The van der Waals surface area contributed by atoms with Gasteiger partial charge >= 0.3 is 5.97 Å². The second-order valence-electron chi connectivity index (χ2n) is 6.05. The number of aryl methyl sites for hydroxylation is 1. The van der Waals surface area contributed by atoms with Gasteiger partial charge in [0.1, 0.15) is 11.6 Å². The minimum atomic E-state index is -0.974. The van der Waals surface area contributed by atoms with Crippen LogP contribution in [0.2, 0.25) is 0 Å². The second kappa shape index (κ2) is 9.41. The Kier molecular flexibility index (Phi) is 6.91. The minimum absolute atomic E-state index is 0. The molecule has 0 fully saturated rings. The predicted molar refractivity (Wildman–Crippen MR) is 119 cm³/mol. The summed E-state index contributed by atoms with van der Waals surface area (Å²) in [5.74, 6) is 0.0555. The molecule has 0 saturated heterocycles. The second-order valence-corrected chi connectivity index (χ2v) is 8.25. The fourth-order valence-electron chi connectivity index (χ4n) is 2.90. The number of nitrogens with zero attached hydrogens (tertiary/aromatic N) is 4. The molecule has 0 atom stereocenters. The van der Waals surface area contributed by atoms with Crippen LogP contribution in [-0.2, 0) is 12.3 Å². The number of para-hydroxylation sites is 1. The summed E-state index contributed by atoms with van der Waals surface area (Å²) in [7, 11) is 0. The van der Waals surface area contributed by atoms with Gasteiger partial charge in [-0.2, -0.15) is 0 Å². The zero-order valence-electron chi connectivity index (χ0n) is 15.7. The molecule has 7 nitrogen and oxygen atoms in total. The number of thioether (sulfide) groups is 1. The highest BCUT2D eigenvalue weighted by atomic mass is 35.5. The number of nitrogens with one attached hydrogen (secondary N) is 1. The number of halogens is 2. The lowest BCUT2D eigenvalue weighted by Gasteiger charge is -2.04. The quantitative estimate of drug-likeness (QED) is 0.362. The van der Waals surface area contributed by atoms with Crippen molar-refractivity contribution in [3.8, 4) is 0 Å². The van der Waals surface area contributed by atoms with E-state index in [0.717, 1.165) is 22.2 Å². The molecule has 0 saturated carbocycles. The standard InChI is InChI=1S/C19H16FN5O2S2.ClH/c1-2-25-15-8-7-11(17(26)27)9-14(15)21-16(25)10-28-19-24-23-18(29-19)22-13-6-4-3-5-12(13)20;/h3-9H,2,10H2,1H3,(H,22,23)(H,26,27);1H. The third-order valence-corrected chi connectivity index (χ3v) is 6.21. The van der Waals surface area contributed by atoms with E-state index in [1.807, 2.05) is 11.5 Å². The maximum Gasteiger partial charge on any atom is 0.335 e. The highest BCUT2D eigenvalue weighted by Crippen LogP contribution is 2.31. The Labute approximate surface area is 185 Å². The van der Waals surface area contributed by atoms with Gasteiger partial charge in [-0.05, 0) is 37.3 Å². The van der Waals surface area contributed by atoms with Gasteiger partial charge in [-0.15, -0.1) is 22.6 Å². The van der Waals surface area contributed by atoms with Gasteiger partial charge in [0, 0.05) is 6.54 Å². The molecular formula is C19H17ClFN5O2S2. The average molecular weight is 466 g/mol. The zero-order chi connectivity index (χ0) is 20.4. The van der Waals surface area contributed by atoms with Gasteiger partial charge in [0.2, 0.25) is 5.13 Å². The van der Waals surface area contributed by atoms with E-state index in [1.165, 1.54) is 29.2 Å². The molecule has 0 unspecified atom stereocenters. The third-order valence-electron chi connectivity index (χ3n) is 4.24. The molecule has 4 aromatic rings. The number of carbonyl (C=O) groups is 1. The molecular weight excluding hydrogens is 449 g/mol. The molecule has 4 rings (SSSR count). The summed E-state index contributed by atoms with van der Waals surface area (Å²) in [6, 6.07) is 11.3. The molecule has 0 aliphatic rings. The molecule has 2 aromatic carbocycles. The van der Waals surface area contributed by atoms with E-state index in [9.17, 15) is 14.3 Å². The van der Waals surface area contributed by atoms with Crippen molar-refractivity contribution in [2.75, 3.05) is 5.32 Å². The molecule has 2 N–H and O–H groups in total. The highest BCUT2D eigenvalue weighted by Gasteiger charge is 2.14. The number of carboxylic acid groups (broad SMARTS) is 1. The smallest absolute Gasteiger partial charge is 0.335 e. The van der Waals surface area contributed by atoms with Gasteiger partial charge in [0.25, 0.3) is 0 Å². The lowest BCUT2D eigenvalue weighted by Crippen LogP contribution is -2.00. The van der Waals surface area contributed by atoms with E-state index in [1.54, 1.807) is 36.4 Å². The van der Waals surface area contributed by atoms with Gasteiger partial charge in [-0.3, -0.25) is 0 Å². The van der Waals surface area contributed by atoms with Crippen molar-refractivity contribution in [2.45, 2.75) is 23.6 Å². The first-order chi connectivity index (χ1) is 14.0. The summed E-state index contributed by atoms with van der Waals surface area (Å²) < 4.78 is 16.5. The fraction of sp³-hybridized carbons (Fsp3) is 0.158. The monoisotopic (exact) mass is 465 g/mol. The summed E-state index contributed by atoms with van der Waals surface area (Å²) in [5, 5.41) is 20.8. The van der Waals surface area contributed by atoms with Crippen molar-refractivity contribution < 1.29 is 14.3 Å². The number of fused-ring (bicyclic) bond motifs is 1. The van der Waals surface area contributed by atoms with Crippen LogP contribution < -0.4 is 5.32 Å². The van der Waals surface area contributed by atoms with Crippen molar-refractivity contribution in [3.63, 3.8) is 0 Å². The van der Waals surface area contributed by atoms with Crippen LogP contribution in [0.4, 0.5) is 15.2 Å². The molecule has 0 spiro atoms. The molecule has 0 radical (unpaired) electrons. The molecule has 30 heavy (non-hydrogen) atoms. The maximum absolute atomic E-state index is 13.8. The molecule has 2 heterocycles. The van der Waals surface area contributed by atoms with E-state index in [2.05, 4.69) is 20.5 Å². The fourth-order valence-corrected chi connectivity index (χ4v) is 4.61. The first-order valence-electron chi connectivity index (χ1n) is 8.75. The minimum Gasteiger partial charge on any atom is -0.478 e. The molecule has 0 aliphatic heterocycles. The number of rotatable bonds is 7. The van der Waals surface area contributed by atoms with Crippen molar-refractivity contribution in [2.24, 2.45) is 0 Å². The van der Waals surface area contributed by atoms with E-state index in [4.69, 9.17) is 0 Å². The van der Waals surface area contributed by atoms with E-state index >= 15 is 0 Å². The van der Waals surface area contributed by atoms with Crippen molar-refractivity contribution in [1.82, 2.24) is 19.7 Å². The highest BCUT2D eigenvalue weighted by molar-refractivity contribution is 8.00. The molecule has 11 heteroatoms. The number of carboxylic acids is 1. The first kappa shape index (κ1) is 22.0. The average Bonchev–Trinajstić information content (AvgIpc) is 3.31. The zero-order valence-corrected chi connectivity index (χ0v) is 18.2. The predicted octanol–water partition coefficient (Wildman–Crippen LogP) is 5.20. The van der Waals surface area contributed by atoms with Crippen molar-refractivity contribution in [3.05, 3.63) is 59.7 Å². The summed E-state index contributed by atoms with van der Waals surface area (Å²) in [5.41, 5.74) is 2.11. The van der Waals surface area contributed by atoms with Crippen LogP contribution >= 0.6 is 35.5 Å². The number of benzene rings is 2.